The van der Waals surface area contributed by atoms with Gasteiger partial charge >= 0.3 is 5.97 Å². The number of anilines is 1. The molecule has 0 saturated heterocycles. The fourth-order valence-electron chi connectivity index (χ4n) is 1.86. The first-order valence-corrected chi connectivity index (χ1v) is 4.83. The summed E-state index contributed by atoms with van der Waals surface area (Å²) >= 11 is 0. The fraction of sp³-hybridized carbons (Fsp3) is 0.273. The second-order valence-corrected chi connectivity index (χ2v) is 3.68. The number of aromatic carboxylic acids is 1. The van der Waals surface area contributed by atoms with Crippen LogP contribution in [0.5, 0.6) is 0 Å². The number of fused-ring (bicyclic) bond motifs is 1. The van der Waals surface area contributed by atoms with E-state index in [0.29, 0.717) is 11.3 Å². The number of carbonyl (C=O) groups is 2. The van der Waals surface area contributed by atoms with Gasteiger partial charge in [-0.3, -0.25) is 4.79 Å². The van der Waals surface area contributed by atoms with E-state index in [1.165, 1.54) is 17.0 Å². The zero-order valence-electron chi connectivity index (χ0n) is 8.66. The van der Waals surface area contributed by atoms with E-state index in [0.717, 1.165) is 0 Å². The van der Waals surface area contributed by atoms with Crippen molar-refractivity contribution >= 4 is 17.6 Å². The summed E-state index contributed by atoms with van der Waals surface area (Å²) in [6.07, 6.45) is 0.467. The Morgan fingerprint density at radius 1 is 1.44 bits per heavy atom. The van der Waals surface area contributed by atoms with Crippen LogP contribution < -0.4 is 4.90 Å². The van der Waals surface area contributed by atoms with Crippen molar-refractivity contribution in [3.8, 4) is 0 Å². The Kier molecular flexibility index (Phi) is 2.38. The van der Waals surface area contributed by atoms with Crippen LogP contribution in [-0.2, 0) is 11.2 Å². The molecule has 0 saturated carbocycles. The molecule has 1 aromatic carbocycles. The van der Waals surface area contributed by atoms with Crippen molar-refractivity contribution in [3.63, 3.8) is 0 Å². The Morgan fingerprint density at radius 2 is 2.12 bits per heavy atom. The van der Waals surface area contributed by atoms with Gasteiger partial charge in [0.05, 0.1) is 5.56 Å². The van der Waals surface area contributed by atoms with Gasteiger partial charge in [-0.25, -0.2) is 9.18 Å². The van der Waals surface area contributed by atoms with Crippen LogP contribution in [-0.4, -0.2) is 24.0 Å². The predicted octanol–water partition coefficient (Wildman–Crippen LogP) is 1.43. The molecule has 16 heavy (non-hydrogen) atoms. The van der Waals surface area contributed by atoms with Crippen LogP contribution in [0.15, 0.2) is 12.1 Å². The number of carboxylic acid groups (broad SMARTS) is 1. The molecular formula is C11H10FNO3. The van der Waals surface area contributed by atoms with Gasteiger partial charge in [0.25, 0.3) is 0 Å². The molecule has 4 nitrogen and oxygen atoms in total. The van der Waals surface area contributed by atoms with Gasteiger partial charge in [0.15, 0.2) is 0 Å². The largest absolute Gasteiger partial charge is 0.478 e. The van der Waals surface area contributed by atoms with Crippen molar-refractivity contribution in [2.45, 2.75) is 12.8 Å². The highest BCUT2D eigenvalue weighted by Gasteiger charge is 2.26. The Bertz CT molecular complexity index is 484. The molecule has 1 aliphatic heterocycles. The smallest absolute Gasteiger partial charge is 0.338 e. The maximum Gasteiger partial charge on any atom is 0.338 e. The van der Waals surface area contributed by atoms with Crippen LogP contribution >= 0.6 is 0 Å². The van der Waals surface area contributed by atoms with E-state index in [1.54, 1.807) is 7.05 Å². The van der Waals surface area contributed by atoms with Gasteiger partial charge < -0.3 is 10.0 Å². The average molecular weight is 223 g/mol. The zero-order chi connectivity index (χ0) is 11.9. The fourth-order valence-corrected chi connectivity index (χ4v) is 1.86. The van der Waals surface area contributed by atoms with Crippen molar-refractivity contribution in [2.24, 2.45) is 0 Å². The second-order valence-electron chi connectivity index (χ2n) is 3.68. The quantitative estimate of drug-likeness (QED) is 0.783. The summed E-state index contributed by atoms with van der Waals surface area (Å²) in [6.45, 7) is 0. The van der Waals surface area contributed by atoms with E-state index >= 15 is 0 Å². The molecule has 0 atom stereocenters. The van der Waals surface area contributed by atoms with E-state index < -0.39 is 11.8 Å². The van der Waals surface area contributed by atoms with Crippen molar-refractivity contribution in [3.05, 3.63) is 29.1 Å². The summed E-state index contributed by atoms with van der Waals surface area (Å²) in [5.74, 6) is -2.11. The number of rotatable bonds is 1. The summed E-state index contributed by atoms with van der Waals surface area (Å²) < 4.78 is 13.8. The van der Waals surface area contributed by atoms with Crippen LogP contribution in [0.4, 0.5) is 10.1 Å². The van der Waals surface area contributed by atoms with Crippen LogP contribution in [0.2, 0.25) is 0 Å². The molecule has 0 aliphatic carbocycles. The Morgan fingerprint density at radius 3 is 2.75 bits per heavy atom. The third-order valence-electron chi connectivity index (χ3n) is 2.77. The number of benzene rings is 1. The highest BCUT2D eigenvalue weighted by molar-refractivity contribution is 5.97. The summed E-state index contributed by atoms with van der Waals surface area (Å²) in [5, 5.41) is 8.76. The Labute approximate surface area is 91.3 Å². The minimum atomic E-state index is -1.29. The number of amides is 1. The van der Waals surface area contributed by atoms with E-state index in [4.69, 9.17) is 5.11 Å². The number of carbonyl (C=O) groups excluding carboxylic acids is 1. The monoisotopic (exact) mass is 223 g/mol. The number of hydrogen-bond donors (Lipinski definition) is 1. The molecule has 0 fully saturated rings. The minimum absolute atomic E-state index is 0.0880. The number of carboxylic acids is 1. The molecular weight excluding hydrogens is 213 g/mol. The van der Waals surface area contributed by atoms with Gasteiger partial charge in [0, 0.05) is 24.7 Å². The molecule has 0 spiro atoms. The van der Waals surface area contributed by atoms with E-state index in [2.05, 4.69) is 0 Å². The first-order chi connectivity index (χ1) is 7.52. The standard InChI is InChI=1S/C11H10FNO3/c1-13-8-4-2-7(11(15)16)10(12)6(8)3-5-9(13)14/h2,4H,3,5H2,1H3,(H,15,16). The molecule has 2 rings (SSSR count). The highest BCUT2D eigenvalue weighted by atomic mass is 19.1. The minimum Gasteiger partial charge on any atom is -0.478 e. The zero-order valence-corrected chi connectivity index (χ0v) is 8.66. The van der Waals surface area contributed by atoms with Crippen molar-refractivity contribution in [2.75, 3.05) is 11.9 Å². The highest BCUT2D eigenvalue weighted by Crippen LogP contribution is 2.30. The second kappa shape index (κ2) is 3.59. The van der Waals surface area contributed by atoms with E-state index in [9.17, 15) is 14.0 Å². The summed E-state index contributed by atoms with van der Waals surface area (Å²) in [6, 6.07) is 2.66. The average Bonchev–Trinajstić information content (AvgIpc) is 2.23. The van der Waals surface area contributed by atoms with E-state index in [1.807, 2.05) is 0 Å². The molecule has 1 aliphatic rings. The topological polar surface area (TPSA) is 57.6 Å². The summed E-state index contributed by atoms with van der Waals surface area (Å²) in [4.78, 5) is 23.5. The lowest BCUT2D eigenvalue weighted by Crippen LogP contribution is -2.32. The van der Waals surface area contributed by atoms with Crippen LogP contribution in [0.25, 0.3) is 0 Å². The molecule has 5 heteroatoms. The molecule has 1 heterocycles. The molecule has 84 valence electrons. The Hall–Kier alpha value is -1.91. The normalized spacial score (nSPS) is 14.9. The summed E-state index contributed by atoms with van der Waals surface area (Å²) in [5.41, 5.74) is 0.419. The third-order valence-corrected chi connectivity index (χ3v) is 2.77. The molecule has 1 amide bonds. The Balaban J connectivity index is 2.59. The number of halogens is 1. The van der Waals surface area contributed by atoms with E-state index in [-0.39, 0.29) is 24.3 Å². The molecule has 1 aromatic rings. The predicted molar refractivity (Wildman–Crippen MR) is 55.1 cm³/mol. The lowest BCUT2D eigenvalue weighted by Gasteiger charge is -2.26. The lowest BCUT2D eigenvalue weighted by molar-refractivity contribution is -0.118. The molecule has 0 aromatic heterocycles. The van der Waals surface area contributed by atoms with Gasteiger partial charge in [-0.15, -0.1) is 0 Å². The maximum atomic E-state index is 13.8. The summed E-state index contributed by atoms with van der Waals surface area (Å²) in [7, 11) is 1.56. The van der Waals surface area contributed by atoms with Crippen molar-refractivity contribution < 1.29 is 19.1 Å². The first kappa shape index (κ1) is 10.6. The molecule has 0 radical (unpaired) electrons. The lowest BCUT2D eigenvalue weighted by atomic mass is 9.98. The van der Waals surface area contributed by atoms with Crippen molar-refractivity contribution in [1.82, 2.24) is 0 Å². The van der Waals surface area contributed by atoms with Gasteiger partial charge in [-0.05, 0) is 18.6 Å². The number of hydrogen-bond acceptors (Lipinski definition) is 2. The van der Waals surface area contributed by atoms with Crippen molar-refractivity contribution in [1.29, 1.82) is 0 Å². The van der Waals surface area contributed by atoms with Crippen LogP contribution in [0, 0.1) is 5.82 Å². The van der Waals surface area contributed by atoms with Gasteiger partial charge in [0.1, 0.15) is 5.82 Å². The SMILES string of the molecule is CN1C(=O)CCc2c1ccc(C(=O)O)c2F. The first-order valence-electron chi connectivity index (χ1n) is 4.83. The van der Waals surface area contributed by atoms with Gasteiger partial charge in [-0.1, -0.05) is 0 Å². The third kappa shape index (κ3) is 1.44. The van der Waals surface area contributed by atoms with Gasteiger partial charge in [0.2, 0.25) is 5.91 Å². The van der Waals surface area contributed by atoms with Gasteiger partial charge in [-0.2, -0.15) is 0 Å². The van der Waals surface area contributed by atoms with Crippen LogP contribution in [0.1, 0.15) is 22.3 Å². The molecule has 1 N–H and O–H groups in total. The molecule has 0 bridgehead atoms. The molecule has 0 unspecified atom stereocenters. The maximum absolute atomic E-state index is 13.8. The number of nitrogens with zero attached hydrogens (tertiary/aromatic N) is 1. The van der Waals surface area contributed by atoms with Crippen LogP contribution in [0.3, 0.4) is 0 Å².